The Morgan fingerprint density at radius 2 is 1.40 bits per heavy atom. The van der Waals surface area contributed by atoms with Crippen molar-refractivity contribution in [1.82, 2.24) is 9.97 Å². The lowest BCUT2D eigenvalue weighted by Gasteiger charge is -2.17. The van der Waals surface area contributed by atoms with Crippen molar-refractivity contribution in [3.8, 4) is 0 Å². The van der Waals surface area contributed by atoms with Crippen LogP contribution in [-0.4, -0.2) is 27.5 Å². The quantitative estimate of drug-likeness (QED) is 0.621. The highest BCUT2D eigenvalue weighted by atomic mass is 79.9. The van der Waals surface area contributed by atoms with Crippen LogP contribution in [0.3, 0.4) is 0 Å². The molecule has 108 valence electrons. The van der Waals surface area contributed by atoms with Gasteiger partial charge in [0.15, 0.2) is 5.78 Å². The van der Waals surface area contributed by atoms with E-state index in [0.717, 1.165) is 20.3 Å². The van der Waals surface area contributed by atoms with E-state index >= 15 is 0 Å². The minimum atomic E-state index is -0.409. The van der Waals surface area contributed by atoms with Crippen molar-refractivity contribution in [2.45, 2.75) is 11.8 Å². The van der Waals surface area contributed by atoms with Gasteiger partial charge in [0.25, 0.3) is 0 Å². The lowest BCUT2D eigenvalue weighted by atomic mass is 9.90. The Kier molecular flexibility index (Phi) is 5.78. The van der Waals surface area contributed by atoms with E-state index in [4.69, 9.17) is 23.2 Å². The molecule has 0 aromatic carbocycles. The van der Waals surface area contributed by atoms with Gasteiger partial charge in [-0.1, -0.05) is 0 Å². The third-order valence-corrected chi connectivity index (χ3v) is 4.62. The van der Waals surface area contributed by atoms with Crippen molar-refractivity contribution in [3.05, 3.63) is 44.9 Å². The van der Waals surface area contributed by atoms with Crippen molar-refractivity contribution in [1.29, 1.82) is 0 Å². The van der Waals surface area contributed by atoms with Gasteiger partial charge >= 0.3 is 0 Å². The maximum Gasteiger partial charge on any atom is 0.153 e. The first kappa shape index (κ1) is 16.1. The third-order valence-electron chi connectivity index (χ3n) is 3.09. The summed E-state index contributed by atoms with van der Waals surface area (Å²) in [4.78, 5) is 18.8. The molecule has 0 radical (unpaired) electrons. The van der Waals surface area contributed by atoms with E-state index in [2.05, 4.69) is 41.8 Å². The molecule has 2 heterocycles. The number of Topliss-reactive ketones (excluding diaryl/α,β-unsaturated/α-hetero) is 1. The van der Waals surface area contributed by atoms with Gasteiger partial charge in [-0.15, -0.1) is 23.2 Å². The Bertz CT molecular complexity index is 546. The molecule has 0 aliphatic rings. The number of carbonyl (C=O) groups excluding carboxylic acids is 1. The van der Waals surface area contributed by atoms with Crippen LogP contribution in [0.2, 0.25) is 0 Å². The summed E-state index contributed by atoms with van der Waals surface area (Å²) < 4.78 is 1.78. The van der Waals surface area contributed by atoms with Crippen LogP contribution in [0.15, 0.2) is 33.5 Å². The lowest BCUT2D eigenvalue weighted by Crippen LogP contribution is -2.23. The van der Waals surface area contributed by atoms with Gasteiger partial charge in [0, 0.05) is 44.5 Å². The number of hydrogen-bond acceptors (Lipinski definition) is 1. The normalized spacial score (nSPS) is 14.2. The number of halogens is 4. The van der Waals surface area contributed by atoms with Crippen molar-refractivity contribution in [2.24, 2.45) is 0 Å². The van der Waals surface area contributed by atoms with Crippen LogP contribution in [0.4, 0.5) is 0 Å². The van der Waals surface area contributed by atoms with E-state index in [0.29, 0.717) is 0 Å². The van der Waals surface area contributed by atoms with Crippen LogP contribution < -0.4 is 0 Å². The van der Waals surface area contributed by atoms with Crippen LogP contribution >= 0.6 is 55.1 Å². The zero-order chi connectivity index (χ0) is 14.7. The van der Waals surface area contributed by atoms with E-state index in [1.54, 1.807) is 12.4 Å². The van der Waals surface area contributed by atoms with Gasteiger partial charge < -0.3 is 9.97 Å². The monoisotopic (exact) mass is 440 g/mol. The fourth-order valence-corrected chi connectivity index (χ4v) is 3.40. The fraction of sp³-hybridized carbons (Fsp3) is 0.308. The summed E-state index contributed by atoms with van der Waals surface area (Å²) in [5.74, 6) is -0.399. The number of alkyl halides is 2. The number of aromatic nitrogens is 2. The molecule has 0 aliphatic heterocycles. The SMILES string of the molecule is O=C(C(CCl)c1cc(Br)c[nH]1)C(CCl)c1cc(Br)c[nH]1. The summed E-state index contributed by atoms with van der Waals surface area (Å²) in [7, 11) is 0. The molecule has 0 saturated heterocycles. The topological polar surface area (TPSA) is 48.6 Å². The van der Waals surface area contributed by atoms with E-state index in [1.165, 1.54) is 0 Å². The molecule has 2 N–H and O–H groups in total. The Morgan fingerprint density at radius 1 is 1.00 bits per heavy atom. The molecule has 0 aliphatic carbocycles. The molecule has 0 spiro atoms. The second kappa shape index (κ2) is 7.16. The van der Waals surface area contributed by atoms with Crippen molar-refractivity contribution in [2.75, 3.05) is 11.8 Å². The second-order valence-electron chi connectivity index (χ2n) is 4.36. The molecule has 20 heavy (non-hydrogen) atoms. The average Bonchev–Trinajstić information content (AvgIpc) is 3.01. The summed E-state index contributed by atoms with van der Waals surface area (Å²) in [6.45, 7) is 0. The van der Waals surface area contributed by atoms with Gasteiger partial charge in [0.05, 0.1) is 11.8 Å². The number of ketones is 1. The zero-order valence-electron chi connectivity index (χ0n) is 10.3. The molecule has 7 heteroatoms. The minimum absolute atomic E-state index is 0.00120. The molecule has 0 fully saturated rings. The highest BCUT2D eigenvalue weighted by Crippen LogP contribution is 2.30. The number of rotatable bonds is 6. The van der Waals surface area contributed by atoms with Gasteiger partial charge in [-0.3, -0.25) is 4.79 Å². The standard InChI is InChI=1S/C13H12Br2Cl2N2O/c14-7-1-11(18-5-7)9(3-16)13(20)10(4-17)12-2-8(15)6-19-12/h1-2,5-6,9-10,18-19H,3-4H2. The van der Waals surface area contributed by atoms with Crippen LogP contribution in [0, 0.1) is 0 Å². The molecule has 3 nitrogen and oxygen atoms in total. The summed E-state index contributed by atoms with van der Waals surface area (Å²) in [6.07, 6.45) is 3.56. The number of carbonyl (C=O) groups is 1. The summed E-state index contributed by atoms with van der Waals surface area (Å²) in [5.41, 5.74) is 1.58. The van der Waals surface area contributed by atoms with Crippen LogP contribution in [0.1, 0.15) is 23.2 Å². The molecular formula is C13H12Br2Cl2N2O. The third kappa shape index (κ3) is 3.50. The smallest absolute Gasteiger partial charge is 0.153 e. The van der Waals surface area contributed by atoms with Crippen LogP contribution in [0.25, 0.3) is 0 Å². The summed E-state index contributed by atoms with van der Waals surface area (Å²) >= 11 is 18.7. The second-order valence-corrected chi connectivity index (χ2v) is 6.81. The van der Waals surface area contributed by atoms with Crippen molar-refractivity contribution >= 4 is 60.8 Å². The number of H-pyrrole nitrogens is 2. The number of hydrogen-bond donors (Lipinski definition) is 2. The Balaban J connectivity index is 2.26. The van der Waals surface area contributed by atoms with Crippen molar-refractivity contribution in [3.63, 3.8) is 0 Å². The first-order valence-electron chi connectivity index (χ1n) is 5.90. The molecule has 2 atom stereocenters. The fourth-order valence-electron chi connectivity index (χ4n) is 2.04. The highest BCUT2D eigenvalue weighted by Gasteiger charge is 2.30. The first-order chi connectivity index (χ1) is 9.56. The molecule has 2 rings (SSSR count). The minimum Gasteiger partial charge on any atom is -0.363 e. The number of aromatic amines is 2. The molecular weight excluding hydrogens is 431 g/mol. The largest absolute Gasteiger partial charge is 0.363 e. The summed E-state index contributed by atoms with van der Waals surface area (Å²) in [6, 6.07) is 3.72. The van der Waals surface area contributed by atoms with Crippen molar-refractivity contribution < 1.29 is 4.79 Å². The highest BCUT2D eigenvalue weighted by molar-refractivity contribution is 9.10. The van der Waals surface area contributed by atoms with Crippen LogP contribution in [0.5, 0.6) is 0 Å². The molecule has 0 bridgehead atoms. The van der Waals surface area contributed by atoms with Gasteiger partial charge in [-0.05, 0) is 44.0 Å². The van der Waals surface area contributed by atoms with Gasteiger partial charge in [0.1, 0.15) is 0 Å². The summed E-state index contributed by atoms with van der Waals surface area (Å²) in [5, 5.41) is 0. The Morgan fingerprint density at radius 3 is 1.65 bits per heavy atom. The molecule has 2 unspecified atom stereocenters. The van der Waals surface area contributed by atoms with E-state index in [-0.39, 0.29) is 17.5 Å². The van der Waals surface area contributed by atoms with Gasteiger partial charge in [-0.25, -0.2) is 0 Å². The molecule has 0 saturated carbocycles. The molecule has 0 amide bonds. The maximum absolute atomic E-state index is 12.7. The van der Waals surface area contributed by atoms with E-state index in [9.17, 15) is 4.79 Å². The maximum atomic E-state index is 12.7. The lowest BCUT2D eigenvalue weighted by molar-refractivity contribution is -0.121. The zero-order valence-corrected chi connectivity index (χ0v) is 15.0. The molecule has 2 aromatic heterocycles. The average molecular weight is 443 g/mol. The molecule has 2 aromatic rings. The van der Waals surface area contributed by atoms with E-state index < -0.39 is 11.8 Å². The van der Waals surface area contributed by atoms with Gasteiger partial charge in [-0.2, -0.15) is 0 Å². The van der Waals surface area contributed by atoms with E-state index in [1.807, 2.05) is 12.1 Å². The Hall–Kier alpha value is -0.230. The van der Waals surface area contributed by atoms with Crippen LogP contribution in [-0.2, 0) is 4.79 Å². The number of nitrogens with one attached hydrogen (secondary N) is 2. The Labute approximate surface area is 143 Å². The predicted octanol–water partition coefficient (Wildman–Crippen LogP) is 4.78. The first-order valence-corrected chi connectivity index (χ1v) is 8.55. The van der Waals surface area contributed by atoms with Gasteiger partial charge in [0.2, 0.25) is 0 Å². The predicted molar refractivity (Wildman–Crippen MR) is 88.9 cm³/mol.